The molecule has 11 nitrogen and oxygen atoms in total. The molecule has 1 aliphatic carbocycles. The van der Waals surface area contributed by atoms with E-state index in [2.05, 4.69) is 15.5 Å². The monoisotopic (exact) mass is 541 g/mol. The zero-order chi connectivity index (χ0) is 27.7. The van der Waals surface area contributed by atoms with E-state index >= 15 is 0 Å². The van der Waals surface area contributed by atoms with Crippen molar-refractivity contribution in [2.24, 2.45) is 11.8 Å². The number of benzene rings is 2. The molecule has 0 saturated carbocycles. The first-order chi connectivity index (χ1) is 18.8. The van der Waals surface area contributed by atoms with Crippen LogP contribution in [0.25, 0.3) is 0 Å². The molecule has 39 heavy (non-hydrogen) atoms. The van der Waals surface area contributed by atoms with Gasteiger partial charge >= 0.3 is 5.97 Å². The van der Waals surface area contributed by atoms with Crippen LogP contribution in [-0.2, 0) is 14.3 Å². The molecular weight excluding hydrogens is 506 g/mol. The molecule has 2 aromatic carbocycles. The van der Waals surface area contributed by atoms with Crippen molar-refractivity contribution in [3.8, 4) is 28.7 Å². The van der Waals surface area contributed by atoms with Crippen molar-refractivity contribution in [3.63, 3.8) is 0 Å². The van der Waals surface area contributed by atoms with Crippen LogP contribution in [0, 0.1) is 11.8 Å². The van der Waals surface area contributed by atoms with E-state index in [1.807, 2.05) is 26.2 Å². The normalized spacial score (nSPS) is 22.7. The van der Waals surface area contributed by atoms with Crippen LogP contribution in [0.3, 0.4) is 0 Å². The summed E-state index contributed by atoms with van der Waals surface area (Å²) in [6, 6.07) is 6.71. The highest BCUT2D eigenvalue weighted by Crippen LogP contribution is 2.55. The van der Waals surface area contributed by atoms with Crippen molar-refractivity contribution >= 4 is 11.9 Å². The number of carbonyl (C=O) groups excluding carboxylic acids is 2. The molecule has 1 amide bonds. The van der Waals surface area contributed by atoms with Crippen LogP contribution >= 0.6 is 0 Å². The second kappa shape index (κ2) is 11.2. The smallest absolute Gasteiger partial charge is 0.310 e. The number of hydrogen-bond acceptors (Lipinski definition) is 10. The number of hydrogen-bond donors (Lipinski definition) is 3. The highest BCUT2D eigenvalue weighted by molar-refractivity contribution is 5.81. The Kier molecular flexibility index (Phi) is 7.72. The van der Waals surface area contributed by atoms with E-state index in [1.165, 1.54) is 14.2 Å². The largest absolute Gasteiger partial charge is 0.502 e. The van der Waals surface area contributed by atoms with E-state index in [4.69, 9.17) is 23.7 Å². The molecule has 0 radical (unpaired) electrons. The van der Waals surface area contributed by atoms with Crippen molar-refractivity contribution in [1.82, 2.24) is 15.5 Å². The van der Waals surface area contributed by atoms with E-state index in [-0.39, 0.29) is 48.4 Å². The fourth-order valence-corrected chi connectivity index (χ4v) is 5.72. The fraction of sp³-hybridized carbons (Fsp3) is 0.500. The molecule has 11 heteroatoms. The predicted molar refractivity (Wildman–Crippen MR) is 140 cm³/mol. The minimum absolute atomic E-state index is 0.0916. The fourth-order valence-electron chi connectivity index (χ4n) is 5.72. The standard InChI is InChI=1S/C28H35N3O8/c1-31(2)8-7-29-6-5-23(32)30-26-17-12-20-19(38-14-39-20)11-16(17)24(25-18(26)13-37-28(25)34)15-9-21(35-3)27(33)22(10-15)36-4/h9-12,18,24-26,29,33H,5-8,13-14H2,1-4H3,(H,30,32)/t18?,24-,25+,26?/m1/s1. The van der Waals surface area contributed by atoms with Gasteiger partial charge in [-0.3, -0.25) is 9.59 Å². The van der Waals surface area contributed by atoms with Gasteiger partial charge in [0.15, 0.2) is 23.0 Å². The number of nitrogens with one attached hydrogen (secondary N) is 2. The van der Waals surface area contributed by atoms with Crippen molar-refractivity contribution in [3.05, 3.63) is 41.0 Å². The lowest BCUT2D eigenvalue weighted by Crippen LogP contribution is -2.43. The number of nitrogens with zero attached hydrogens (tertiary/aromatic N) is 1. The molecule has 0 spiro atoms. The number of cyclic esters (lactones) is 1. The molecule has 4 atom stereocenters. The number of phenols is 1. The summed E-state index contributed by atoms with van der Waals surface area (Å²) in [4.78, 5) is 28.4. The Morgan fingerprint density at radius 2 is 1.69 bits per heavy atom. The van der Waals surface area contributed by atoms with Crippen LogP contribution < -0.4 is 29.6 Å². The van der Waals surface area contributed by atoms with Crippen molar-refractivity contribution in [1.29, 1.82) is 0 Å². The van der Waals surface area contributed by atoms with Gasteiger partial charge in [-0.1, -0.05) is 0 Å². The minimum atomic E-state index is -0.583. The van der Waals surface area contributed by atoms with Crippen molar-refractivity contribution in [2.45, 2.75) is 18.4 Å². The van der Waals surface area contributed by atoms with Gasteiger partial charge < -0.3 is 44.3 Å². The van der Waals surface area contributed by atoms with Gasteiger partial charge in [0.05, 0.1) is 32.8 Å². The molecule has 0 aromatic heterocycles. The van der Waals surface area contributed by atoms with Crippen molar-refractivity contribution in [2.75, 3.05) is 61.3 Å². The number of likely N-dealkylation sites (N-methyl/N-ethyl adjacent to an activating group) is 1. The zero-order valence-electron chi connectivity index (χ0n) is 22.6. The average molecular weight is 542 g/mol. The van der Waals surface area contributed by atoms with E-state index in [1.54, 1.807) is 12.1 Å². The number of rotatable bonds is 10. The summed E-state index contributed by atoms with van der Waals surface area (Å²) >= 11 is 0. The second-order valence-corrected chi connectivity index (χ2v) is 10.3. The second-order valence-electron chi connectivity index (χ2n) is 10.3. The zero-order valence-corrected chi connectivity index (χ0v) is 22.6. The van der Waals surface area contributed by atoms with Crippen LogP contribution in [0.15, 0.2) is 24.3 Å². The Bertz CT molecular complexity index is 1220. The maximum absolute atomic E-state index is 13.2. The molecule has 2 aromatic rings. The lowest BCUT2D eigenvalue weighted by Gasteiger charge is -2.39. The van der Waals surface area contributed by atoms with Crippen LogP contribution in [0.2, 0.25) is 0 Å². The lowest BCUT2D eigenvalue weighted by atomic mass is 9.65. The SMILES string of the molecule is COc1cc([C@@H]2c3cc4c(cc3C(NC(=O)CCNCCN(C)C)C3COC(=O)[C@@H]32)OCO4)cc(OC)c1O. The van der Waals surface area contributed by atoms with Gasteiger partial charge in [0.25, 0.3) is 0 Å². The maximum Gasteiger partial charge on any atom is 0.310 e. The summed E-state index contributed by atoms with van der Waals surface area (Å²) in [5.41, 5.74) is 2.36. The minimum Gasteiger partial charge on any atom is -0.502 e. The first kappa shape index (κ1) is 26.9. The van der Waals surface area contributed by atoms with Crippen LogP contribution in [0.4, 0.5) is 0 Å². The highest BCUT2D eigenvalue weighted by atomic mass is 16.7. The molecule has 2 aliphatic heterocycles. The lowest BCUT2D eigenvalue weighted by molar-refractivity contribution is -0.141. The summed E-state index contributed by atoms with van der Waals surface area (Å²) in [6.45, 7) is 2.46. The highest BCUT2D eigenvalue weighted by Gasteiger charge is 2.53. The third kappa shape index (κ3) is 5.16. The summed E-state index contributed by atoms with van der Waals surface area (Å²) in [5.74, 6) is -0.336. The third-order valence-electron chi connectivity index (χ3n) is 7.63. The first-order valence-corrected chi connectivity index (χ1v) is 13.0. The first-order valence-electron chi connectivity index (χ1n) is 13.0. The van der Waals surface area contributed by atoms with Gasteiger partial charge in [-0.25, -0.2) is 0 Å². The summed E-state index contributed by atoms with van der Waals surface area (Å²) < 4.78 is 27.7. The van der Waals surface area contributed by atoms with Gasteiger partial charge in [-0.2, -0.15) is 0 Å². The van der Waals surface area contributed by atoms with Gasteiger partial charge in [0, 0.05) is 37.9 Å². The maximum atomic E-state index is 13.2. The van der Waals surface area contributed by atoms with Crippen molar-refractivity contribution < 1.29 is 38.4 Å². The van der Waals surface area contributed by atoms with E-state index < -0.39 is 17.9 Å². The summed E-state index contributed by atoms with van der Waals surface area (Å²) in [6.07, 6.45) is 0.297. The quantitative estimate of drug-likeness (QED) is 0.303. The van der Waals surface area contributed by atoms with Crippen LogP contribution in [0.5, 0.6) is 28.7 Å². The van der Waals surface area contributed by atoms with Gasteiger partial charge in [0.1, 0.15) is 0 Å². The Labute approximate surface area is 227 Å². The number of methoxy groups -OCH3 is 2. The van der Waals surface area contributed by atoms with E-state index in [0.29, 0.717) is 30.0 Å². The molecule has 5 rings (SSSR count). The number of aromatic hydroxyl groups is 1. The van der Waals surface area contributed by atoms with E-state index in [9.17, 15) is 14.7 Å². The molecule has 2 unspecified atom stereocenters. The molecule has 3 N–H and O–H groups in total. The molecule has 1 saturated heterocycles. The number of carbonyl (C=O) groups is 2. The average Bonchev–Trinajstić information content (AvgIpc) is 3.54. The Morgan fingerprint density at radius 3 is 2.33 bits per heavy atom. The molecule has 3 aliphatic rings. The Hall–Kier alpha value is -3.70. The molecule has 210 valence electrons. The number of fused-ring (bicyclic) bond motifs is 3. The van der Waals surface area contributed by atoms with Gasteiger partial charge in [0.2, 0.25) is 18.4 Å². The number of ether oxygens (including phenoxy) is 5. The molecule has 1 fully saturated rings. The molecule has 0 bridgehead atoms. The van der Waals surface area contributed by atoms with Crippen LogP contribution in [0.1, 0.15) is 35.1 Å². The molecular formula is C28H35N3O8. The van der Waals surface area contributed by atoms with Gasteiger partial charge in [-0.15, -0.1) is 0 Å². The topological polar surface area (TPSA) is 128 Å². The summed E-state index contributed by atoms with van der Waals surface area (Å²) in [5, 5.41) is 17.0. The van der Waals surface area contributed by atoms with Gasteiger partial charge in [-0.05, 0) is 55.1 Å². The van der Waals surface area contributed by atoms with E-state index in [0.717, 1.165) is 24.2 Å². The number of phenolic OH excluding ortho intramolecular Hbond substituents is 1. The number of amides is 1. The molecule has 2 heterocycles. The third-order valence-corrected chi connectivity index (χ3v) is 7.63. The predicted octanol–water partition coefficient (Wildman–Crippen LogP) is 1.77. The summed E-state index contributed by atoms with van der Waals surface area (Å²) in [7, 11) is 6.91. The number of esters is 1. The Morgan fingerprint density at radius 1 is 1.03 bits per heavy atom. The Balaban J connectivity index is 1.52. The van der Waals surface area contributed by atoms with Crippen LogP contribution in [-0.4, -0.2) is 83.2 Å².